The number of nitrogens with zero attached hydrogens (tertiary/aromatic N) is 1. The van der Waals surface area contributed by atoms with Crippen LogP contribution in [0.2, 0.25) is 0 Å². The van der Waals surface area contributed by atoms with Crippen molar-refractivity contribution in [2.45, 2.75) is 19.4 Å². The lowest BCUT2D eigenvalue weighted by Gasteiger charge is -2.35. The standard InChI is InChI=1S/C14H19ClN2/c1-2-16-13-8-11-17(10-5-9-15)14-7-4-3-6-12(13)14/h3-7,9,13,16H,2,8,10-11H2,1H3/b9-5+. The number of benzene rings is 1. The monoisotopic (exact) mass is 250 g/mol. The Morgan fingerprint density at radius 1 is 1.47 bits per heavy atom. The Morgan fingerprint density at radius 3 is 3.06 bits per heavy atom. The Labute approximate surface area is 108 Å². The highest BCUT2D eigenvalue weighted by atomic mass is 35.5. The highest BCUT2D eigenvalue weighted by Crippen LogP contribution is 2.33. The van der Waals surface area contributed by atoms with E-state index in [1.165, 1.54) is 11.3 Å². The molecule has 0 saturated heterocycles. The molecule has 1 aromatic carbocycles. The van der Waals surface area contributed by atoms with Crippen molar-refractivity contribution >= 4 is 17.3 Å². The summed E-state index contributed by atoms with van der Waals surface area (Å²) in [6.07, 6.45) is 3.15. The summed E-state index contributed by atoms with van der Waals surface area (Å²) in [5.74, 6) is 0. The summed E-state index contributed by atoms with van der Waals surface area (Å²) in [6, 6.07) is 9.13. The van der Waals surface area contributed by atoms with Crippen molar-refractivity contribution in [3.8, 4) is 0 Å². The number of halogens is 1. The fourth-order valence-corrected chi connectivity index (χ4v) is 2.53. The van der Waals surface area contributed by atoms with Crippen molar-refractivity contribution in [3.63, 3.8) is 0 Å². The number of fused-ring (bicyclic) bond motifs is 1. The van der Waals surface area contributed by atoms with E-state index in [1.807, 2.05) is 6.08 Å². The van der Waals surface area contributed by atoms with E-state index in [9.17, 15) is 0 Å². The molecule has 1 aliphatic rings. The third-order valence-electron chi connectivity index (χ3n) is 3.21. The summed E-state index contributed by atoms with van der Waals surface area (Å²) >= 11 is 5.61. The van der Waals surface area contributed by atoms with Gasteiger partial charge in [-0.25, -0.2) is 0 Å². The van der Waals surface area contributed by atoms with E-state index in [0.29, 0.717) is 6.04 Å². The number of hydrogen-bond donors (Lipinski definition) is 1. The summed E-state index contributed by atoms with van der Waals surface area (Å²) in [5.41, 5.74) is 4.34. The lowest BCUT2D eigenvalue weighted by molar-refractivity contribution is 0.495. The molecule has 1 aromatic rings. The molecule has 1 aliphatic heterocycles. The van der Waals surface area contributed by atoms with Crippen molar-refractivity contribution in [2.75, 3.05) is 24.5 Å². The quantitative estimate of drug-likeness (QED) is 0.882. The molecular formula is C14H19ClN2. The first-order valence-electron chi connectivity index (χ1n) is 6.19. The second kappa shape index (κ2) is 6.08. The van der Waals surface area contributed by atoms with Gasteiger partial charge in [-0.1, -0.05) is 42.8 Å². The van der Waals surface area contributed by atoms with Crippen molar-refractivity contribution in [1.82, 2.24) is 5.32 Å². The van der Waals surface area contributed by atoms with Gasteiger partial charge in [-0.05, 0) is 24.6 Å². The maximum Gasteiger partial charge on any atom is 0.0417 e. The van der Waals surface area contributed by atoms with Gasteiger partial charge in [0, 0.05) is 30.4 Å². The minimum absolute atomic E-state index is 0.493. The molecule has 2 rings (SSSR count). The molecule has 0 spiro atoms. The average molecular weight is 251 g/mol. The third-order valence-corrected chi connectivity index (χ3v) is 3.38. The molecule has 1 N–H and O–H groups in total. The Balaban J connectivity index is 2.23. The van der Waals surface area contributed by atoms with Crippen LogP contribution in [0.25, 0.3) is 0 Å². The molecule has 0 aromatic heterocycles. The van der Waals surface area contributed by atoms with E-state index in [0.717, 1.165) is 26.1 Å². The van der Waals surface area contributed by atoms with Gasteiger partial charge in [0.25, 0.3) is 0 Å². The Morgan fingerprint density at radius 2 is 2.29 bits per heavy atom. The fourth-order valence-electron chi connectivity index (χ4n) is 2.45. The van der Waals surface area contributed by atoms with E-state index in [2.05, 4.69) is 41.4 Å². The number of nitrogens with one attached hydrogen (secondary N) is 1. The summed E-state index contributed by atoms with van der Waals surface area (Å²) in [4.78, 5) is 2.38. The minimum Gasteiger partial charge on any atom is -0.367 e. The van der Waals surface area contributed by atoms with Crippen LogP contribution in [0, 0.1) is 0 Å². The van der Waals surface area contributed by atoms with E-state index in [4.69, 9.17) is 11.6 Å². The highest BCUT2D eigenvalue weighted by Gasteiger charge is 2.22. The number of para-hydroxylation sites is 1. The van der Waals surface area contributed by atoms with Crippen molar-refractivity contribution in [2.24, 2.45) is 0 Å². The first-order chi connectivity index (χ1) is 8.36. The van der Waals surface area contributed by atoms with Gasteiger partial charge < -0.3 is 10.2 Å². The normalized spacial score (nSPS) is 19.6. The molecule has 1 unspecified atom stereocenters. The summed E-state index contributed by atoms with van der Waals surface area (Å²) in [7, 11) is 0. The lowest BCUT2D eigenvalue weighted by Crippen LogP contribution is -2.35. The van der Waals surface area contributed by atoms with Crippen LogP contribution >= 0.6 is 11.6 Å². The van der Waals surface area contributed by atoms with Gasteiger partial charge in [0.2, 0.25) is 0 Å². The van der Waals surface area contributed by atoms with Crippen LogP contribution in [0.1, 0.15) is 24.9 Å². The number of hydrogen-bond acceptors (Lipinski definition) is 2. The van der Waals surface area contributed by atoms with Crippen LogP contribution in [0.3, 0.4) is 0 Å². The zero-order valence-electron chi connectivity index (χ0n) is 10.2. The first kappa shape index (κ1) is 12.5. The van der Waals surface area contributed by atoms with Crippen LogP contribution in [-0.2, 0) is 0 Å². The van der Waals surface area contributed by atoms with Crippen molar-refractivity contribution < 1.29 is 0 Å². The van der Waals surface area contributed by atoms with Crippen LogP contribution in [-0.4, -0.2) is 19.6 Å². The van der Waals surface area contributed by atoms with Gasteiger partial charge in [-0.15, -0.1) is 0 Å². The van der Waals surface area contributed by atoms with E-state index in [1.54, 1.807) is 5.54 Å². The largest absolute Gasteiger partial charge is 0.367 e. The molecule has 0 radical (unpaired) electrons. The molecule has 1 atom stereocenters. The van der Waals surface area contributed by atoms with Crippen LogP contribution in [0.4, 0.5) is 5.69 Å². The van der Waals surface area contributed by atoms with Gasteiger partial charge in [0.15, 0.2) is 0 Å². The number of rotatable bonds is 4. The second-order valence-electron chi connectivity index (χ2n) is 4.27. The molecule has 17 heavy (non-hydrogen) atoms. The molecule has 0 amide bonds. The van der Waals surface area contributed by atoms with Crippen molar-refractivity contribution in [1.29, 1.82) is 0 Å². The minimum atomic E-state index is 0.493. The zero-order valence-corrected chi connectivity index (χ0v) is 11.0. The van der Waals surface area contributed by atoms with Crippen LogP contribution in [0.5, 0.6) is 0 Å². The topological polar surface area (TPSA) is 15.3 Å². The van der Waals surface area contributed by atoms with Gasteiger partial charge in [0.1, 0.15) is 0 Å². The van der Waals surface area contributed by atoms with Gasteiger partial charge in [0.05, 0.1) is 0 Å². The van der Waals surface area contributed by atoms with Gasteiger partial charge in [-0.3, -0.25) is 0 Å². The van der Waals surface area contributed by atoms with E-state index in [-0.39, 0.29) is 0 Å². The predicted octanol–water partition coefficient (Wildman–Crippen LogP) is 3.30. The first-order valence-corrected chi connectivity index (χ1v) is 6.63. The maximum atomic E-state index is 5.61. The summed E-state index contributed by atoms with van der Waals surface area (Å²) in [6.45, 7) is 5.14. The maximum absolute atomic E-state index is 5.61. The Bertz CT molecular complexity index is 390. The summed E-state index contributed by atoms with van der Waals surface area (Å²) in [5, 5.41) is 3.55. The van der Waals surface area contributed by atoms with E-state index >= 15 is 0 Å². The second-order valence-corrected chi connectivity index (χ2v) is 4.52. The molecule has 0 bridgehead atoms. The van der Waals surface area contributed by atoms with Crippen molar-refractivity contribution in [3.05, 3.63) is 41.4 Å². The summed E-state index contributed by atoms with van der Waals surface area (Å²) < 4.78 is 0. The molecule has 0 fully saturated rings. The average Bonchev–Trinajstić information content (AvgIpc) is 2.38. The van der Waals surface area contributed by atoms with Gasteiger partial charge >= 0.3 is 0 Å². The fraction of sp³-hybridized carbons (Fsp3) is 0.429. The van der Waals surface area contributed by atoms with E-state index < -0.39 is 0 Å². The smallest absolute Gasteiger partial charge is 0.0417 e. The third kappa shape index (κ3) is 2.82. The molecule has 2 nitrogen and oxygen atoms in total. The lowest BCUT2D eigenvalue weighted by atomic mass is 9.96. The molecular weight excluding hydrogens is 232 g/mol. The molecule has 3 heteroatoms. The number of anilines is 1. The Kier molecular flexibility index (Phi) is 4.46. The van der Waals surface area contributed by atoms with Crippen LogP contribution < -0.4 is 10.2 Å². The molecule has 0 aliphatic carbocycles. The molecule has 0 saturated carbocycles. The predicted molar refractivity (Wildman–Crippen MR) is 74.7 cm³/mol. The highest BCUT2D eigenvalue weighted by molar-refractivity contribution is 6.25. The van der Waals surface area contributed by atoms with Crippen LogP contribution in [0.15, 0.2) is 35.9 Å². The molecule has 1 heterocycles. The molecule has 92 valence electrons. The Hall–Kier alpha value is -0.990. The van der Waals surface area contributed by atoms with Gasteiger partial charge in [-0.2, -0.15) is 0 Å². The zero-order chi connectivity index (χ0) is 12.1. The SMILES string of the molecule is CCNC1CCN(C/C=C/Cl)c2ccccc21.